The fourth-order valence-electron chi connectivity index (χ4n) is 3.46. The number of aryl methyl sites for hydroxylation is 1. The number of fused-ring (bicyclic) bond motifs is 1. The van der Waals surface area contributed by atoms with Crippen molar-refractivity contribution in [1.82, 2.24) is 9.97 Å². The van der Waals surface area contributed by atoms with Crippen LogP contribution in [0.1, 0.15) is 54.2 Å². The first-order chi connectivity index (χ1) is 16.1. The number of ketones is 1. The molecule has 0 atom stereocenters. The predicted octanol–water partition coefficient (Wildman–Crippen LogP) is 5.90. The standard InChI is InChI=1S/C25H20N2O2.C2H6.H3NO/c1-3-22-21-13-20(18-7-5-4-6-8-18)25(19-11-9-17(15-28)10-12-19)27-24(21)14-23(26-22)16(2)29;2*1-2/h4-15H,3H2,1-2H3;1-2H3;2H,1H2. The van der Waals surface area contributed by atoms with Gasteiger partial charge < -0.3 is 5.21 Å². The van der Waals surface area contributed by atoms with Crippen LogP contribution in [0.15, 0.2) is 66.7 Å². The second kappa shape index (κ2) is 12.3. The molecule has 170 valence electrons. The molecule has 2 aromatic heterocycles. The highest BCUT2D eigenvalue weighted by Gasteiger charge is 2.15. The van der Waals surface area contributed by atoms with Crippen LogP contribution in [0.3, 0.4) is 0 Å². The summed E-state index contributed by atoms with van der Waals surface area (Å²) in [5.74, 6) is 3.42. The van der Waals surface area contributed by atoms with Crippen molar-refractivity contribution in [2.24, 2.45) is 5.90 Å². The van der Waals surface area contributed by atoms with Gasteiger partial charge in [-0.3, -0.25) is 9.59 Å². The van der Waals surface area contributed by atoms with Gasteiger partial charge in [-0.05, 0) is 24.1 Å². The molecule has 0 bridgehead atoms. The van der Waals surface area contributed by atoms with E-state index in [1.165, 1.54) is 6.92 Å². The second-order valence-electron chi connectivity index (χ2n) is 6.92. The lowest BCUT2D eigenvalue weighted by atomic mass is 9.96. The summed E-state index contributed by atoms with van der Waals surface area (Å²) in [6, 6.07) is 21.3. The highest BCUT2D eigenvalue weighted by atomic mass is 16.4. The van der Waals surface area contributed by atoms with Crippen molar-refractivity contribution in [2.75, 3.05) is 0 Å². The summed E-state index contributed by atoms with van der Waals surface area (Å²) in [5, 5.41) is 7.45. The monoisotopic (exact) mass is 443 g/mol. The number of aromatic nitrogens is 2. The van der Waals surface area contributed by atoms with Crippen molar-refractivity contribution in [1.29, 1.82) is 0 Å². The number of carbonyl (C=O) groups excluding carboxylic acids is 2. The van der Waals surface area contributed by atoms with E-state index in [0.29, 0.717) is 17.7 Å². The number of pyridine rings is 2. The molecular formula is C27H29N3O3. The van der Waals surface area contributed by atoms with E-state index in [4.69, 9.17) is 10.2 Å². The molecule has 4 rings (SSSR count). The Morgan fingerprint density at radius 3 is 2.12 bits per heavy atom. The van der Waals surface area contributed by atoms with E-state index in [0.717, 1.165) is 45.3 Å². The van der Waals surface area contributed by atoms with E-state index in [-0.39, 0.29) is 5.78 Å². The van der Waals surface area contributed by atoms with Gasteiger partial charge in [-0.25, -0.2) is 15.9 Å². The van der Waals surface area contributed by atoms with Gasteiger partial charge in [0.15, 0.2) is 5.78 Å². The molecule has 0 aliphatic carbocycles. The molecule has 0 aliphatic heterocycles. The van der Waals surface area contributed by atoms with Crippen molar-refractivity contribution in [3.8, 4) is 22.4 Å². The summed E-state index contributed by atoms with van der Waals surface area (Å²) in [6.07, 6.45) is 1.54. The number of Topliss-reactive ketones (excluding diaryl/α,β-unsaturated/α-hetero) is 1. The van der Waals surface area contributed by atoms with Gasteiger partial charge in [0.1, 0.15) is 12.0 Å². The number of nitrogens with two attached hydrogens (primary N) is 1. The summed E-state index contributed by atoms with van der Waals surface area (Å²) in [6.45, 7) is 7.55. The molecule has 33 heavy (non-hydrogen) atoms. The van der Waals surface area contributed by atoms with Crippen molar-refractivity contribution in [3.63, 3.8) is 0 Å². The van der Waals surface area contributed by atoms with Crippen LogP contribution < -0.4 is 5.90 Å². The van der Waals surface area contributed by atoms with Crippen molar-refractivity contribution in [2.45, 2.75) is 34.1 Å². The molecule has 3 N–H and O–H groups in total. The smallest absolute Gasteiger partial charge is 0.178 e. The lowest BCUT2D eigenvalue weighted by molar-refractivity contribution is 0.101. The van der Waals surface area contributed by atoms with Crippen molar-refractivity contribution >= 4 is 23.0 Å². The first kappa shape index (κ1) is 25.5. The van der Waals surface area contributed by atoms with Gasteiger partial charge >= 0.3 is 0 Å². The fraction of sp³-hybridized carbons (Fsp3) is 0.185. The summed E-state index contributed by atoms with van der Waals surface area (Å²) < 4.78 is 0. The number of hydrogen-bond acceptors (Lipinski definition) is 6. The molecular weight excluding hydrogens is 414 g/mol. The zero-order valence-electron chi connectivity index (χ0n) is 19.4. The zero-order valence-corrected chi connectivity index (χ0v) is 19.4. The summed E-state index contributed by atoms with van der Waals surface area (Å²) in [7, 11) is 0. The number of carbonyl (C=O) groups is 2. The second-order valence-corrected chi connectivity index (χ2v) is 6.92. The average molecular weight is 444 g/mol. The van der Waals surface area contributed by atoms with Gasteiger partial charge in [0.2, 0.25) is 0 Å². The Bertz CT molecular complexity index is 1220. The number of aldehydes is 1. The van der Waals surface area contributed by atoms with Gasteiger partial charge in [0.05, 0.1) is 16.9 Å². The molecule has 2 heterocycles. The molecule has 0 spiro atoms. The SMILES string of the molecule is CC.CCc1nc(C(C)=O)cc2nc(-c3ccc(C=O)cc3)c(-c3ccccc3)cc12.NO. The minimum absolute atomic E-state index is 0.0765. The Morgan fingerprint density at radius 2 is 1.58 bits per heavy atom. The molecule has 0 saturated carbocycles. The lowest BCUT2D eigenvalue weighted by Crippen LogP contribution is -2.03. The summed E-state index contributed by atoms with van der Waals surface area (Å²) in [4.78, 5) is 32.5. The Hall–Kier alpha value is -3.74. The van der Waals surface area contributed by atoms with Crippen LogP contribution in [0.2, 0.25) is 0 Å². The fourth-order valence-corrected chi connectivity index (χ4v) is 3.46. The molecule has 0 fully saturated rings. The third-order valence-corrected chi connectivity index (χ3v) is 4.99. The van der Waals surface area contributed by atoms with Crippen LogP contribution in [0.5, 0.6) is 0 Å². The van der Waals surface area contributed by atoms with Gasteiger partial charge in [-0.2, -0.15) is 0 Å². The van der Waals surface area contributed by atoms with Crippen LogP contribution in [-0.4, -0.2) is 27.2 Å². The van der Waals surface area contributed by atoms with Crippen LogP contribution in [0, 0.1) is 0 Å². The highest BCUT2D eigenvalue weighted by molar-refractivity contribution is 5.98. The van der Waals surface area contributed by atoms with E-state index in [1.54, 1.807) is 18.2 Å². The van der Waals surface area contributed by atoms with Crippen LogP contribution in [-0.2, 0) is 6.42 Å². The highest BCUT2D eigenvalue weighted by Crippen LogP contribution is 2.34. The van der Waals surface area contributed by atoms with Gasteiger partial charge in [-0.1, -0.05) is 75.4 Å². The number of rotatable bonds is 5. The van der Waals surface area contributed by atoms with Crippen LogP contribution in [0.4, 0.5) is 0 Å². The van der Waals surface area contributed by atoms with E-state index in [1.807, 2.05) is 51.1 Å². The molecule has 0 radical (unpaired) electrons. The Balaban J connectivity index is 0.000000914. The zero-order chi connectivity index (χ0) is 24.4. The number of nitrogens with zero attached hydrogens (tertiary/aromatic N) is 2. The molecule has 6 heteroatoms. The first-order valence-corrected chi connectivity index (χ1v) is 10.8. The minimum atomic E-state index is -0.0765. The first-order valence-electron chi connectivity index (χ1n) is 10.8. The molecule has 6 nitrogen and oxygen atoms in total. The number of hydrogen-bond donors (Lipinski definition) is 2. The molecule has 0 amide bonds. The summed E-state index contributed by atoms with van der Waals surface area (Å²) >= 11 is 0. The Labute approximate surface area is 194 Å². The maximum Gasteiger partial charge on any atom is 0.178 e. The minimum Gasteiger partial charge on any atom is -0.320 e. The lowest BCUT2D eigenvalue weighted by Gasteiger charge is -2.14. The third-order valence-electron chi connectivity index (χ3n) is 4.99. The van der Waals surface area contributed by atoms with Crippen molar-refractivity contribution < 1.29 is 14.8 Å². The Morgan fingerprint density at radius 1 is 0.939 bits per heavy atom. The number of benzene rings is 2. The van der Waals surface area contributed by atoms with Gasteiger partial charge in [-0.15, -0.1) is 0 Å². The van der Waals surface area contributed by atoms with Crippen LogP contribution >= 0.6 is 0 Å². The average Bonchev–Trinajstić information content (AvgIpc) is 2.90. The Kier molecular flexibility index (Phi) is 9.54. The van der Waals surface area contributed by atoms with Gasteiger partial charge in [0, 0.05) is 29.0 Å². The quantitative estimate of drug-likeness (QED) is 0.226. The maximum absolute atomic E-state index is 11.9. The molecule has 0 saturated heterocycles. The van der Waals surface area contributed by atoms with Gasteiger partial charge in [0.25, 0.3) is 0 Å². The molecule has 0 unspecified atom stereocenters. The van der Waals surface area contributed by atoms with E-state index in [9.17, 15) is 9.59 Å². The van der Waals surface area contributed by atoms with E-state index >= 15 is 0 Å². The summed E-state index contributed by atoms with van der Waals surface area (Å²) in [5.41, 5.74) is 6.41. The molecule has 0 aliphatic rings. The van der Waals surface area contributed by atoms with Crippen molar-refractivity contribution in [3.05, 3.63) is 83.7 Å². The third kappa shape index (κ3) is 5.74. The topological polar surface area (TPSA) is 106 Å². The predicted molar refractivity (Wildman–Crippen MR) is 133 cm³/mol. The largest absolute Gasteiger partial charge is 0.320 e. The van der Waals surface area contributed by atoms with E-state index in [2.05, 4.69) is 29.1 Å². The molecule has 2 aromatic carbocycles. The normalized spacial score (nSPS) is 9.88. The van der Waals surface area contributed by atoms with E-state index < -0.39 is 0 Å². The maximum atomic E-state index is 11.9. The van der Waals surface area contributed by atoms with Crippen LogP contribution in [0.25, 0.3) is 33.3 Å². The molecule has 4 aromatic rings.